The molecule has 0 N–H and O–H groups in total. The van der Waals surface area contributed by atoms with Crippen molar-refractivity contribution in [2.24, 2.45) is 5.92 Å². The van der Waals surface area contributed by atoms with Crippen molar-refractivity contribution < 1.29 is 13.6 Å². The van der Waals surface area contributed by atoms with E-state index in [2.05, 4.69) is 0 Å². The topological polar surface area (TPSA) is 20.3 Å². The molecule has 1 fully saturated rings. The molecule has 1 aliphatic rings. The average Bonchev–Trinajstić information content (AvgIpc) is 3.14. The molecule has 0 aromatic heterocycles. The van der Waals surface area contributed by atoms with Gasteiger partial charge in [0.05, 0.1) is 6.42 Å². The van der Waals surface area contributed by atoms with Crippen LogP contribution in [0.1, 0.15) is 25.3 Å². The molecule has 0 saturated heterocycles. The first kappa shape index (κ1) is 13.0. The van der Waals surface area contributed by atoms with Crippen LogP contribution in [-0.4, -0.2) is 23.9 Å². The van der Waals surface area contributed by atoms with E-state index >= 15 is 0 Å². The van der Waals surface area contributed by atoms with Crippen molar-refractivity contribution in [3.63, 3.8) is 0 Å². The lowest BCUT2D eigenvalue weighted by Crippen LogP contribution is -2.37. The second kappa shape index (κ2) is 5.04. The zero-order chi connectivity index (χ0) is 13.3. The number of rotatable bonds is 4. The fourth-order valence-electron chi connectivity index (χ4n) is 2.07. The van der Waals surface area contributed by atoms with E-state index in [4.69, 9.17) is 0 Å². The molecule has 1 aromatic carbocycles. The first-order valence-electron chi connectivity index (χ1n) is 6.18. The summed E-state index contributed by atoms with van der Waals surface area (Å²) >= 11 is 0. The SMILES string of the molecule is C[C@H](C1CC1)N(C)C(=O)Cc1ccc(F)cc1F. The number of nitrogens with zero attached hydrogens (tertiary/aromatic N) is 1. The van der Waals surface area contributed by atoms with Crippen LogP contribution in [0.2, 0.25) is 0 Å². The van der Waals surface area contributed by atoms with Crippen molar-refractivity contribution in [1.29, 1.82) is 0 Å². The van der Waals surface area contributed by atoms with Gasteiger partial charge >= 0.3 is 0 Å². The highest BCUT2D eigenvalue weighted by Crippen LogP contribution is 2.34. The van der Waals surface area contributed by atoms with E-state index < -0.39 is 11.6 Å². The number of hydrogen-bond donors (Lipinski definition) is 0. The van der Waals surface area contributed by atoms with Crippen molar-refractivity contribution in [1.82, 2.24) is 4.90 Å². The lowest BCUT2D eigenvalue weighted by Gasteiger charge is -2.25. The highest BCUT2D eigenvalue weighted by Gasteiger charge is 2.32. The second-order valence-electron chi connectivity index (χ2n) is 5.00. The molecule has 1 saturated carbocycles. The Morgan fingerprint density at radius 2 is 2.11 bits per heavy atom. The Hall–Kier alpha value is -1.45. The van der Waals surface area contributed by atoms with Crippen molar-refractivity contribution in [3.8, 4) is 0 Å². The van der Waals surface area contributed by atoms with Crippen molar-refractivity contribution in [3.05, 3.63) is 35.4 Å². The van der Waals surface area contributed by atoms with Crippen molar-refractivity contribution in [2.75, 3.05) is 7.05 Å². The van der Waals surface area contributed by atoms with Crippen LogP contribution < -0.4 is 0 Å². The van der Waals surface area contributed by atoms with Gasteiger partial charge in [0.2, 0.25) is 5.91 Å². The molecule has 0 heterocycles. The van der Waals surface area contributed by atoms with Gasteiger partial charge in [-0.2, -0.15) is 0 Å². The monoisotopic (exact) mass is 253 g/mol. The van der Waals surface area contributed by atoms with Gasteiger partial charge in [0.1, 0.15) is 11.6 Å². The predicted octanol–water partition coefficient (Wildman–Crippen LogP) is 2.76. The number of hydrogen-bond acceptors (Lipinski definition) is 1. The summed E-state index contributed by atoms with van der Waals surface area (Å²) in [4.78, 5) is 13.7. The molecule has 4 heteroatoms. The standard InChI is InChI=1S/C14H17F2NO/c1-9(10-3-4-10)17(2)14(18)7-11-5-6-12(15)8-13(11)16/h5-6,8-10H,3-4,7H2,1-2H3/t9-/m1/s1. The van der Waals surface area contributed by atoms with Crippen LogP contribution in [0.5, 0.6) is 0 Å². The van der Waals surface area contributed by atoms with Gasteiger partial charge in [0.15, 0.2) is 0 Å². The Kier molecular flexibility index (Phi) is 3.64. The van der Waals surface area contributed by atoms with Crippen molar-refractivity contribution in [2.45, 2.75) is 32.2 Å². The smallest absolute Gasteiger partial charge is 0.227 e. The van der Waals surface area contributed by atoms with E-state index in [-0.39, 0.29) is 23.9 Å². The molecule has 2 nitrogen and oxygen atoms in total. The van der Waals surface area contributed by atoms with E-state index in [0.29, 0.717) is 5.92 Å². The highest BCUT2D eigenvalue weighted by molar-refractivity contribution is 5.78. The van der Waals surface area contributed by atoms with E-state index in [1.807, 2.05) is 6.92 Å². The number of halogens is 2. The molecule has 1 amide bonds. The highest BCUT2D eigenvalue weighted by atomic mass is 19.1. The van der Waals surface area contributed by atoms with Crippen LogP contribution in [0.15, 0.2) is 18.2 Å². The van der Waals surface area contributed by atoms with Gasteiger partial charge in [-0.25, -0.2) is 8.78 Å². The molecule has 0 aliphatic heterocycles. The Labute approximate surface area is 106 Å². The maximum atomic E-state index is 13.4. The zero-order valence-corrected chi connectivity index (χ0v) is 10.6. The van der Waals surface area contributed by atoms with E-state index in [1.54, 1.807) is 11.9 Å². The van der Waals surface area contributed by atoms with Gasteiger partial charge in [-0.1, -0.05) is 6.07 Å². The fourth-order valence-corrected chi connectivity index (χ4v) is 2.07. The summed E-state index contributed by atoms with van der Waals surface area (Å²) in [6.45, 7) is 2.01. The molecular formula is C14H17F2NO. The van der Waals surface area contributed by atoms with E-state index in [0.717, 1.165) is 18.9 Å². The average molecular weight is 253 g/mol. The van der Waals surface area contributed by atoms with Gasteiger partial charge in [0.25, 0.3) is 0 Å². The summed E-state index contributed by atoms with van der Waals surface area (Å²) in [6, 6.07) is 3.52. The number of amides is 1. The van der Waals surface area contributed by atoms with E-state index in [1.165, 1.54) is 12.1 Å². The quantitative estimate of drug-likeness (QED) is 0.808. The molecule has 1 atom stereocenters. The normalized spacial score (nSPS) is 16.4. The summed E-state index contributed by atoms with van der Waals surface area (Å²) in [6.07, 6.45) is 2.30. The Morgan fingerprint density at radius 3 is 2.67 bits per heavy atom. The van der Waals surface area contributed by atoms with E-state index in [9.17, 15) is 13.6 Å². The van der Waals surface area contributed by atoms with Gasteiger partial charge < -0.3 is 4.90 Å². The first-order valence-corrected chi connectivity index (χ1v) is 6.18. The minimum absolute atomic E-state index is 0.0142. The van der Waals surface area contributed by atoms with Crippen LogP contribution in [0, 0.1) is 17.6 Å². The van der Waals surface area contributed by atoms with Crippen LogP contribution in [0.25, 0.3) is 0 Å². The summed E-state index contributed by atoms with van der Waals surface area (Å²) in [7, 11) is 1.74. The molecule has 2 rings (SSSR count). The number of likely N-dealkylation sites (N-methyl/N-ethyl adjacent to an activating group) is 1. The van der Waals surface area contributed by atoms with Crippen LogP contribution in [0.4, 0.5) is 8.78 Å². The molecule has 0 unspecified atom stereocenters. The molecule has 98 valence electrons. The third kappa shape index (κ3) is 2.86. The Balaban J connectivity index is 2.01. The molecule has 0 bridgehead atoms. The predicted molar refractivity (Wildman–Crippen MR) is 65.0 cm³/mol. The summed E-state index contributed by atoms with van der Waals surface area (Å²) < 4.78 is 26.2. The van der Waals surface area contributed by atoms with Crippen molar-refractivity contribution >= 4 is 5.91 Å². The maximum absolute atomic E-state index is 13.4. The van der Waals surface area contributed by atoms with Gasteiger partial charge in [-0.3, -0.25) is 4.79 Å². The largest absolute Gasteiger partial charge is 0.342 e. The van der Waals surface area contributed by atoms with Gasteiger partial charge in [-0.05, 0) is 37.3 Å². The van der Waals surface area contributed by atoms with Crippen LogP contribution in [0.3, 0.4) is 0 Å². The number of benzene rings is 1. The third-order valence-corrected chi connectivity index (χ3v) is 3.67. The van der Waals surface area contributed by atoms with Gasteiger partial charge in [0, 0.05) is 19.2 Å². The van der Waals surface area contributed by atoms with Crippen LogP contribution >= 0.6 is 0 Å². The molecular weight excluding hydrogens is 236 g/mol. The second-order valence-corrected chi connectivity index (χ2v) is 5.00. The third-order valence-electron chi connectivity index (χ3n) is 3.67. The Bertz CT molecular complexity index is 457. The number of carbonyl (C=O) groups is 1. The molecule has 1 aliphatic carbocycles. The fraction of sp³-hybridized carbons (Fsp3) is 0.500. The summed E-state index contributed by atoms with van der Waals surface area (Å²) in [5.41, 5.74) is 0.247. The summed E-state index contributed by atoms with van der Waals surface area (Å²) in [5.74, 6) is -0.823. The first-order chi connectivity index (χ1) is 8.49. The maximum Gasteiger partial charge on any atom is 0.227 e. The summed E-state index contributed by atoms with van der Waals surface area (Å²) in [5, 5.41) is 0. The minimum Gasteiger partial charge on any atom is -0.342 e. The lowest BCUT2D eigenvalue weighted by atomic mass is 10.1. The molecule has 0 radical (unpaired) electrons. The van der Waals surface area contributed by atoms with Crippen LogP contribution in [-0.2, 0) is 11.2 Å². The lowest BCUT2D eigenvalue weighted by molar-refractivity contribution is -0.131. The number of carbonyl (C=O) groups excluding carboxylic acids is 1. The molecule has 1 aromatic rings. The minimum atomic E-state index is -0.657. The van der Waals surface area contributed by atoms with Gasteiger partial charge in [-0.15, -0.1) is 0 Å². The molecule has 0 spiro atoms. The molecule has 18 heavy (non-hydrogen) atoms. The Morgan fingerprint density at radius 1 is 1.44 bits per heavy atom. The zero-order valence-electron chi connectivity index (χ0n) is 10.6.